The summed E-state index contributed by atoms with van der Waals surface area (Å²) in [5.74, 6) is 0.897. The molecule has 0 fully saturated rings. The molecule has 0 unspecified atom stereocenters. The molecule has 0 aromatic carbocycles. The van der Waals surface area contributed by atoms with E-state index in [1.54, 1.807) is 0 Å². The lowest BCUT2D eigenvalue weighted by Crippen LogP contribution is -2.19. The van der Waals surface area contributed by atoms with E-state index < -0.39 is 19.7 Å². The zero-order chi connectivity index (χ0) is 14.4. The fourth-order valence-corrected chi connectivity index (χ4v) is 8.45. The van der Waals surface area contributed by atoms with Crippen LogP contribution in [0.2, 0.25) is 0 Å². The average molecular weight is 333 g/mol. The maximum atomic E-state index is 12.0. The number of thioether (sulfide) groups is 2. The van der Waals surface area contributed by atoms with Crippen molar-refractivity contribution in [3.05, 3.63) is 8.47 Å². The molecular formula is C10H20O4S4. The van der Waals surface area contributed by atoms with E-state index in [1.165, 1.54) is 37.4 Å². The first-order valence-electron chi connectivity index (χ1n) is 5.72. The summed E-state index contributed by atoms with van der Waals surface area (Å²) in [6.45, 7) is 6.67. The minimum absolute atomic E-state index is 0.195. The summed E-state index contributed by atoms with van der Waals surface area (Å²) in [7, 11) is -7.45. The van der Waals surface area contributed by atoms with E-state index in [1.807, 2.05) is 13.8 Å². The van der Waals surface area contributed by atoms with Crippen LogP contribution in [0.5, 0.6) is 0 Å². The summed E-state index contributed by atoms with van der Waals surface area (Å²) >= 11 is 2.56. The normalized spacial score (nSPS) is 12.4. The highest BCUT2D eigenvalue weighted by molar-refractivity contribution is 8.25. The molecule has 8 heteroatoms. The highest BCUT2D eigenvalue weighted by atomic mass is 32.3. The second kappa shape index (κ2) is 7.81. The fraction of sp³-hybridized carbons (Fsp3) is 0.800. The minimum atomic E-state index is -3.72. The first-order valence-corrected chi connectivity index (χ1v) is 11.0. The Balaban J connectivity index is 6.10. The van der Waals surface area contributed by atoms with Gasteiger partial charge >= 0.3 is 0 Å². The Bertz CT molecular complexity index is 444. The molecule has 0 aromatic heterocycles. The van der Waals surface area contributed by atoms with E-state index in [0.717, 1.165) is 0 Å². The molecule has 0 aliphatic heterocycles. The van der Waals surface area contributed by atoms with Crippen molar-refractivity contribution in [1.29, 1.82) is 0 Å². The van der Waals surface area contributed by atoms with E-state index in [9.17, 15) is 16.8 Å². The lowest BCUT2D eigenvalue weighted by molar-refractivity contribution is 0.596. The number of rotatable bonds is 8. The Kier molecular flexibility index (Phi) is 7.96. The van der Waals surface area contributed by atoms with Crippen LogP contribution < -0.4 is 0 Å². The molecule has 0 saturated heterocycles. The van der Waals surface area contributed by atoms with Crippen molar-refractivity contribution < 1.29 is 16.8 Å². The van der Waals surface area contributed by atoms with Gasteiger partial charge in [-0.15, -0.1) is 23.5 Å². The van der Waals surface area contributed by atoms with E-state index in [2.05, 4.69) is 0 Å². The second-order valence-electron chi connectivity index (χ2n) is 3.25. The van der Waals surface area contributed by atoms with Crippen LogP contribution in [0.3, 0.4) is 0 Å². The van der Waals surface area contributed by atoms with Crippen molar-refractivity contribution in [2.75, 3.05) is 23.0 Å². The van der Waals surface area contributed by atoms with Crippen LogP contribution in [0, 0.1) is 0 Å². The fourth-order valence-electron chi connectivity index (χ4n) is 1.13. The average Bonchev–Trinajstić information content (AvgIpc) is 2.29. The van der Waals surface area contributed by atoms with Crippen LogP contribution >= 0.6 is 23.5 Å². The zero-order valence-electron chi connectivity index (χ0n) is 11.1. The molecule has 0 N–H and O–H groups in total. The van der Waals surface area contributed by atoms with Gasteiger partial charge in [0.25, 0.3) is 0 Å². The van der Waals surface area contributed by atoms with Gasteiger partial charge in [-0.1, -0.05) is 27.7 Å². The molecule has 0 heterocycles. The number of sulfone groups is 2. The summed E-state index contributed by atoms with van der Waals surface area (Å²) in [6, 6.07) is 0. The smallest absolute Gasteiger partial charge is 0.190 e. The van der Waals surface area contributed by atoms with Crippen LogP contribution in [0.4, 0.5) is 0 Å². The second-order valence-corrected chi connectivity index (χ2v) is 10.7. The summed E-state index contributed by atoms with van der Waals surface area (Å²) in [5.41, 5.74) is 0. The third kappa shape index (κ3) is 4.79. The molecule has 0 aromatic rings. The highest BCUT2D eigenvalue weighted by Gasteiger charge is 2.31. The van der Waals surface area contributed by atoms with Crippen LogP contribution in [0.25, 0.3) is 0 Å². The van der Waals surface area contributed by atoms with Crippen LogP contribution in [-0.2, 0) is 19.7 Å². The van der Waals surface area contributed by atoms with Crippen molar-refractivity contribution in [3.63, 3.8) is 0 Å². The van der Waals surface area contributed by atoms with Crippen molar-refractivity contribution in [1.82, 2.24) is 0 Å². The zero-order valence-corrected chi connectivity index (χ0v) is 14.4. The van der Waals surface area contributed by atoms with Crippen LogP contribution in [-0.4, -0.2) is 39.8 Å². The largest absolute Gasteiger partial charge is 0.223 e. The van der Waals surface area contributed by atoms with Crippen molar-refractivity contribution in [2.24, 2.45) is 0 Å². The topological polar surface area (TPSA) is 68.3 Å². The van der Waals surface area contributed by atoms with Gasteiger partial charge in [-0.25, -0.2) is 16.8 Å². The first kappa shape index (κ1) is 18.3. The molecule has 0 aliphatic rings. The Morgan fingerprint density at radius 3 is 1.33 bits per heavy atom. The van der Waals surface area contributed by atoms with E-state index in [4.69, 9.17) is 0 Å². The molecule has 0 radical (unpaired) electrons. The van der Waals surface area contributed by atoms with Gasteiger partial charge in [0, 0.05) is 0 Å². The molecule has 0 spiro atoms. The van der Waals surface area contributed by atoms with Crippen molar-refractivity contribution in [2.45, 2.75) is 27.7 Å². The third-order valence-corrected chi connectivity index (χ3v) is 9.36. The Morgan fingerprint density at radius 2 is 1.11 bits per heavy atom. The third-order valence-electron chi connectivity index (χ3n) is 2.04. The van der Waals surface area contributed by atoms with Crippen molar-refractivity contribution >= 4 is 43.2 Å². The first-order chi connectivity index (χ1) is 8.26. The molecule has 0 bridgehead atoms. The molecule has 4 nitrogen and oxygen atoms in total. The Hall–Kier alpha value is 0.340. The number of hydrogen-bond acceptors (Lipinski definition) is 6. The monoisotopic (exact) mass is 332 g/mol. The molecular weight excluding hydrogens is 312 g/mol. The predicted octanol–water partition coefficient (Wildman–Crippen LogP) is 2.49. The van der Waals surface area contributed by atoms with Gasteiger partial charge in [-0.05, 0) is 11.5 Å². The molecule has 0 rings (SSSR count). The maximum absolute atomic E-state index is 12.0. The lowest BCUT2D eigenvalue weighted by atomic mass is 11.0. The van der Waals surface area contributed by atoms with E-state index in [0.29, 0.717) is 15.7 Å². The van der Waals surface area contributed by atoms with Gasteiger partial charge in [-0.2, -0.15) is 0 Å². The SMILES string of the molecule is CCSC(SCC)=C(S(=O)(=O)CC)S(=O)(=O)CC. The van der Waals surface area contributed by atoms with E-state index in [-0.39, 0.29) is 15.7 Å². The summed E-state index contributed by atoms with van der Waals surface area (Å²) in [5, 5.41) is 0. The maximum Gasteiger partial charge on any atom is 0.190 e. The van der Waals surface area contributed by atoms with Crippen LogP contribution in [0.15, 0.2) is 8.47 Å². The minimum Gasteiger partial charge on any atom is -0.223 e. The summed E-state index contributed by atoms with van der Waals surface area (Å²) in [4.78, 5) is 0. The Labute approximate surface area is 119 Å². The molecule has 0 atom stereocenters. The summed E-state index contributed by atoms with van der Waals surface area (Å²) < 4.78 is 48.2. The molecule has 18 heavy (non-hydrogen) atoms. The number of hydrogen-bond donors (Lipinski definition) is 0. The molecule has 0 aliphatic carbocycles. The van der Waals surface area contributed by atoms with Gasteiger partial charge in [0.05, 0.1) is 15.7 Å². The van der Waals surface area contributed by atoms with Gasteiger partial charge in [0.15, 0.2) is 23.9 Å². The standard InChI is InChI=1S/C10H20O4S4/c1-5-15-9(16-6-2)10(17(11,12)7-3)18(13,14)8-4/h5-8H2,1-4H3. The molecule has 0 amide bonds. The predicted molar refractivity (Wildman–Crippen MR) is 82.2 cm³/mol. The van der Waals surface area contributed by atoms with Crippen LogP contribution in [0.1, 0.15) is 27.7 Å². The Morgan fingerprint density at radius 1 is 0.778 bits per heavy atom. The van der Waals surface area contributed by atoms with Gasteiger partial charge < -0.3 is 0 Å². The highest BCUT2D eigenvalue weighted by Crippen LogP contribution is 2.36. The quantitative estimate of drug-likeness (QED) is 0.680. The summed E-state index contributed by atoms with van der Waals surface area (Å²) in [6.07, 6.45) is 0. The van der Waals surface area contributed by atoms with E-state index >= 15 is 0 Å². The van der Waals surface area contributed by atoms with Crippen molar-refractivity contribution in [3.8, 4) is 0 Å². The van der Waals surface area contributed by atoms with Gasteiger partial charge in [0.1, 0.15) is 0 Å². The molecule has 108 valence electrons. The molecule has 0 saturated carbocycles. The lowest BCUT2D eigenvalue weighted by Gasteiger charge is -2.13. The van der Waals surface area contributed by atoms with Gasteiger partial charge in [0.2, 0.25) is 0 Å². The van der Waals surface area contributed by atoms with Gasteiger partial charge in [-0.3, -0.25) is 0 Å².